The fourth-order valence-electron chi connectivity index (χ4n) is 6.15. The molecule has 2 saturated heterocycles. The third kappa shape index (κ3) is 2.96. The summed E-state index contributed by atoms with van der Waals surface area (Å²) in [6, 6.07) is 1.95. The van der Waals surface area contributed by atoms with Crippen LogP contribution in [-0.2, 0) is 17.8 Å². The molecular formula is C21H28N4O4. The number of carbonyl (C=O) groups excluding carboxylic acids is 1. The molecule has 2 atom stereocenters. The van der Waals surface area contributed by atoms with Gasteiger partial charge in [0.15, 0.2) is 0 Å². The van der Waals surface area contributed by atoms with Crippen LogP contribution in [0, 0.1) is 22.7 Å². The first kappa shape index (κ1) is 18.7. The van der Waals surface area contributed by atoms with Gasteiger partial charge in [-0.05, 0) is 47.3 Å². The molecule has 8 heteroatoms. The number of piperidine rings is 1. The van der Waals surface area contributed by atoms with Gasteiger partial charge in [0, 0.05) is 50.5 Å². The fraction of sp³-hybridized carbons (Fsp3) is 0.667. The second kappa shape index (κ2) is 6.58. The Morgan fingerprint density at radius 2 is 1.97 bits per heavy atom. The van der Waals surface area contributed by atoms with Gasteiger partial charge in [-0.25, -0.2) is 9.59 Å². The number of hydrogen-bond donors (Lipinski definition) is 2. The van der Waals surface area contributed by atoms with E-state index in [0.29, 0.717) is 44.6 Å². The summed E-state index contributed by atoms with van der Waals surface area (Å²) in [5, 5.41) is 12.5. The number of ether oxygens (including phenoxy) is 1. The Labute approximate surface area is 170 Å². The molecule has 3 amide bonds. The molecule has 1 aliphatic carbocycles. The minimum atomic E-state index is -0.830. The van der Waals surface area contributed by atoms with Crippen LogP contribution in [0.4, 0.5) is 9.59 Å². The molecule has 1 spiro atoms. The van der Waals surface area contributed by atoms with Crippen LogP contribution in [0.5, 0.6) is 0 Å². The molecule has 0 bridgehead atoms. The zero-order valence-electron chi connectivity index (χ0n) is 16.8. The van der Waals surface area contributed by atoms with Crippen molar-refractivity contribution in [3.63, 3.8) is 0 Å². The molecular weight excluding hydrogens is 372 g/mol. The van der Waals surface area contributed by atoms with E-state index in [1.165, 1.54) is 4.90 Å². The van der Waals surface area contributed by atoms with Crippen LogP contribution in [0.25, 0.3) is 0 Å². The molecule has 156 valence electrons. The van der Waals surface area contributed by atoms with E-state index in [9.17, 15) is 14.7 Å². The standard InChI is InChI=1S/C21H28N4O4/c1-20(12-29-13-20)17-16(21(17)3-6-24(7-4-21)19(27)28)9-23-18(26)25-10-14-2-5-22-8-15(14)11-25/h2,5,8,16-17H,3-4,6-7,9-13H2,1H3,(H,23,26)(H,27,28). The van der Waals surface area contributed by atoms with E-state index in [2.05, 4.69) is 17.2 Å². The summed E-state index contributed by atoms with van der Waals surface area (Å²) in [6.45, 7) is 6.86. The maximum atomic E-state index is 12.8. The number of aromatic nitrogens is 1. The van der Waals surface area contributed by atoms with E-state index in [0.717, 1.165) is 37.2 Å². The molecule has 2 N–H and O–H groups in total. The van der Waals surface area contributed by atoms with Crippen LogP contribution in [0.3, 0.4) is 0 Å². The number of carboxylic acid groups (broad SMARTS) is 1. The second-order valence-electron chi connectivity index (χ2n) is 9.42. The predicted octanol–water partition coefficient (Wildman–Crippen LogP) is 2.15. The monoisotopic (exact) mass is 400 g/mol. The van der Waals surface area contributed by atoms with Crippen LogP contribution in [0.15, 0.2) is 18.5 Å². The number of carbonyl (C=O) groups is 2. The maximum absolute atomic E-state index is 12.8. The van der Waals surface area contributed by atoms with E-state index in [4.69, 9.17) is 4.74 Å². The lowest BCUT2D eigenvalue weighted by Crippen LogP contribution is -2.45. The molecule has 29 heavy (non-hydrogen) atoms. The van der Waals surface area contributed by atoms with Gasteiger partial charge in [0.25, 0.3) is 0 Å². The normalized spacial score (nSPS) is 28.6. The van der Waals surface area contributed by atoms with Gasteiger partial charge in [-0.1, -0.05) is 6.92 Å². The fourth-order valence-corrected chi connectivity index (χ4v) is 6.15. The number of nitrogens with one attached hydrogen (secondary N) is 1. The second-order valence-corrected chi connectivity index (χ2v) is 9.42. The summed E-state index contributed by atoms with van der Waals surface area (Å²) >= 11 is 0. The lowest BCUT2D eigenvalue weighted by atomic mass is 9.76. The molecule has 3 aliphatic heterocycles. The van der Waals surface area contributed by atoms with Gasteiger partial charge in [-0.2, -0.15) is 0 Å². The Morgan fingerprint density at radius 3 is 2.59 bits per heavy atom. The highest BCUT2D eigenvalue weighted by atomic mass is 16.5. The number of rotatable bonds is 3. The van der Waals surface area contributed by atoms with Gasteiger partial charge in [-0.3, -0.25) is 4.98 Å². The topological polar surface area (TPSA) is 95.0 Å². The summed E-state index contributed by atoms with van der Waals surface area (Å²) in [5.74, 6) is 0.878. The quantitative estimate of drug-likeness (QED) is 0.811. The summed E-state index contributed by atoms with van der Waals surface area (Å²) in [6.07, 6.45) is 4.52. The lowest BCUT2D eigenvalue weighted by molar-refractivity contribution is -0.124. The first-order valence-electron chi connectivity index (χ1n) is 10.4. The van der Waals surface area contributed by atoms with Crippen molar-refractivity contribution < 1.29 is 19.4 Å². The van der Waals surface area contributed by atoms with Crippen molar-refractivity contribution in [1.82, 2.24) is 20.1 Å². The first-order valence-corrected chi connectivity index (χ1v) is 10.4. The molecule has 4 heterocycles. The Bertz CT molecular complexity index is 807. The number of likely N-dealkylation sites (tertiary alicyclic amines) is 1. The summed E-state index contributed by atoms with van der Waals surface area (Å²) < 4.78 is 5.52. The SMILES string of the molecule is CC1(C2C(CNC(=O)N3Cc4ccncc4C3)C23CCN(C(=O)O)CC3)COC1. The molecule has 4 aliphatic rings. The number of fused-ring (bicyclic) bond motifs is 1. The smallest absolute Gasteiger partial charge is 0.407 e. The predicted molar refractivity (Wildman–Crippen MR) is 104 cm³/mol. The van der Waals surface area contributed by atoms with Crippen LogP contribution < -0.4 is 5.32 Å². The van der Waals surface area contributed by atoms with Gasteiger partial charge in [0.05, 0.1) is 13.2 Å². The average Bonchev–Trinajstić information content (AvgIpc) is 3.08. The highest BCUT2D eigenvalue weighted by molar-refractivity contribution is 5.75. The van der Waals surface area contributed by atoms with Crippen LogP contribution in [0.1, 0.15) is 30.9 Å². The Balaban J connectivity index is 1.23. The van der Waals surface area contributed by atoms with E-state index >= 15 is 0 Å². The Morgan fingerprint density at radius 1 is 1.24 bits per heavy atom. The molecule has 2 unspecified atom stereocenters. The minimum Gasteiger partial charge on any atom is -0.465 e. The van der Waals surface area contributed by atoms with Crippen molar-refractivity contribution >= 4 is 12.1 Å². The molecule has 1 aromatic rings. The number of urea groups is 1. The average molecular weight is 400 g/mol. The third-order valence-electron chi connectivity index (χ3n) is 7.72. The number of pyridine rings is 1. The first-order chi connectivity index (χ1) is 13.9. The van der Waals surface area contributed by atoms with Crippen molar-refractivity contribution in [2.24, 2.45) is 22.7 Å². The van der Waals surface area contributed by atoms with Crippen LogP contribution >= 0.6 is 0 Å². The van der Waals surface area contributed by atoms with E-state index < -0.39 is 6.09 Å². The molecule has 0 aromatic carbocycles. The van der Waals surface area contributed by atoms with Gasteiger partial charge < -0.3 is 25.0 Å². The van der Waals surface area contributed by atoms with Crippen molar-refractivity contribution in [1.29, 1.82) is 0 Å². The summed E-state index contributed by atoms with van der Waals surface area (Å²) in [5.41, 5.74) is 2.56. The maximum Gasteiger partial charge on any atom is 0.407 e. The van der Waals surface area contributed by atoms with Gasteiger partial charge in [0.2, 0.25) is 0 Å². The summed E-state index contributed by atoms with van der Waals surface area (Å²) in [7, 11) is 0. The van der Waals surface area contributed by atoms with Gasteiger partial charge in [0.1, 0.15) is 0 Å². The molecule has 0 radical (unpaired) electrons. The third-order valence-corrected chi connectivity index (χ3v) is 7.72. The molecule has 1 aromatic heterocycles. The van der Waals surface area contributed by atoms with E-state index in [1.54, 1.807) is 6.20 Å². The van der Waals surface area contributed by atoms with Crippen LogP contribution in [-0.4, -0.2) is 64.9 Å². The minimum absolute atomic E-state index is 0.0278. The highest BCUT2D eigenvalue weighted by Crippen LogP contribution is 2.71. The molecule has 8 nitrogen and oxygen atoms in total. The zero-order valence-corrected chi connectivity index (χ0v) is 16.8. The van der Waals surface area contributed by atoms with E-state index in [1.807, 2.05) is 17.2 Å². The van der Waals surface area contributed by atoms with Crippen molar-refractivity contribution in [2.75, 3.05) is 32.8 Å². The van der Waals surface area contributed by atoms with Gasteiger partial charge in [-0.15, -0.1) is 0 Å². The highest BCUT2D eigenvalue weighted by Gasteiger charge is 2.71. The Kier molecular flexibility index (Phi) is 4.24. The van der Waals surface area contributed by atoms with E-state index in [-0.39, 0.29) is 16.9 Å². The number of amides is 3. The van der Waals surface area contributed by atoms with Crippen molar-refractivity contribution in [3.8, 4) is 0 Å². The number of nitrogens with zero attached hydrogens (tertiary/aromatic N) is 3. The molecule has 1 saturated carbocycles. The lowest BCUT2D eigenvalue weighted by Gasteiger charge is -2.42. The Hall–Kier alpha value is -2.35. The largest absolute Gasteiger partial charge is 0.465 e. The van der Waals surface area contributed by atoms with Crippen molar-refractivity contribution in [3.05, 3.63) is 29.6 Å². The van der Waals surface area contributed by atoms with Gasteiger partial charge >= 0.3 is 12.1 Å². The summed E-state index contributed by atoms with van der Waals surface area (Å²) in [4.78, 5) is 31.6. The van der Waals surface area contributed by atoms with Crippen molar-refractivity contribution in [2.45, 2.75) is 32.9 Å². The molecule has 5 rings (SSSR count). The molecule has 3 fully saturated rings. The van der Waals surface area contributed by atoms with Crippen LogP contribution in [0.2, 0.25) is 0 Å². The number of hydrogen-bond acceptors (Lipinski definition) is 4. The zero-order chi connectivity index (χ0) is 20.2.